The summed E-state index contributed by atoms with van der Waals surface area (Å²) in [6, 6.07) is 9.97. The Kier molecular flexibility index (Phi) is 4.20. The van der Waals surface area contributed by atoms with Crippen LogP contribution in [0.3, 0.4) is 0 Å². The Labute approximate surface area is 125 Å². The molecular weight excluding hydrogens is 262 g/mol. The second-order valence-electron chi connectivity index (χ2n) is 5.09. The van der Waals surface area contributed by atoms with Crippen LogP contribution in [0.4, 0.5) is 0 Å². The maximum absolute atomic E-state index is 5.79. The molecule has 1 aromatic heterocycles. The second-order valence-corrected chi connectivity index (χ2v) is 5.09. The van der Waals surface area contributed by atoms with Crippen molar-refractivity contribution in [3.05, 3.63) is 65.8 Å². The van der Waals surface area contributed by atoms with Gasteiger partial charge < -0.3 is 9.15 Å². The van der Waals surface area contributed by atoms with Crippen LogP contribution in [0, 0.1) is 6.92 Å². The minimum atomic E-state index is 0.640. The van der Waals surface area contributed by atoms with Gasteiger partial charge in [-0.25, -0.2) is 4.98 Å². The van der Waals surface area contributed by atoms with Crippen LogP contribution >= 0.6 is 0 Å². The highest BCUT2D eigenvalue weighted by Crippen LogP contribution is 2.22. The van der Waals surface area contributed by atoms with E-state index in [1.165, 1.54) is 0 Å². The Morgan fingerprint density at radius 2 is 2.10 bits per heavy atom. The van der Waals surface area contributed by atoms with Crippen LogP contribution in [0.5, 0.6) is 0 Å². The quantitative estimate of drug-likeness (QED) is 0.812. The van der Waals surface area contributed by atoms with E-state index in [0.29, 0.717) is 12.5 Å². The predicted molar refractivity (Wildman–Crippen MR) is 82.8 cm³/mol. The van der Waals surface area contributed by atoms with E-state index >= 15 is 0 Å². The maximum Gasteiger partial charge on any atom is 0.226 e. The third-order valence-electron chi connectivity index (χ3n) is 3.52. The molecule has 0 saturated heterocycles. The molecule has 3 rings (SSSR count). The second kappa shape index (κ2) is 6.44. The lowest BCUT2D eigenvalue weighted by molar-refractivity contribution is 0.204. The van der Waals surface area contributed by atoms with E-state index in [4.69, 9.17) is 9.15 Å². The molecule has 21 heavy (non-hydrogen) atoms. The van der Waals surface area contributed by atoms with Gasteiger partial charge in [0, 0.05) is 18.4 Å². The maximum atomic E-state index is 5.79. The number of ether oxygens (including phenoxy) is 1. The first-order valence-electron chi connectivity index (χ1n) is 7.33. The van der Waals surface area contributed by atoms with Crippen LogP contribution in [-0.4, -0.2) is 11.6 Å². The first-order valence-corrected chi connectivity index (χ1v) is 7.33. The van der Waals surface area contributed by atoms with E-state index in [-0.39, 0.29) is 0 Å². The van der Waals surface area contributed by atoms with Crippen molar-refractivity contribution in [3.63, 3.8) is 0 Å². The largest absolute Gasteiger partial charge is 0.498 e. The summed E-state index contributed by atoms with van der Waals surface area (Å²) in [5.74, 6) is 2.61. The van der Waals surface area contributed by atoms with Gasteiger partial charge in [-0.05, 0) is 31.6 Å². The Balaban J connectivity index is 1.62. The highest BCUT2D eigenvalue weighted by Gasteiger charge is 2.11. The van der Waals surface area contributed by atoms with E-state index in [1.807, 2.05) is 49.4 Å². The average Bonchev–Trinajstić information content (AvgIpc) is 2.91. The summed E-state index contributed by atoms with van der Waals surface area (Å²) in [7, 11) is 0. The third kappa shape index (κ3) is 3.43. The fourth-order valence-corrected chi connectivity index (χ4v) is 2.34. The van der Waals surface area contributed by atoms with Crippen molar-refractivity contribution in [2.45, 2.75) is 26.2 Å². The fraction of sp³-hybridized carbons (Fsp3) is 0.278. The van der Waals surface area contributed by atoms with Gasteiger partial charge in [-0.15, -0.1) is 0 Å². The summed E-state index contributed by atoms with van der Waals surface area (Å²) in [5, 5.41) is 0. The van der Waals surface area contributed by atoms with Gasteiger partial charge >= 0.3 is 0 Å². The first kappa shape index (κ1) is 13.7. The molecule has 0 unspecified atom stereocenters. The van der Waals surface area contributed by atoms with Gasteiger partial charge in [0.1, 0.15) is 5.76 Å². The van der Waals surface area contributed by atoms with Crippen molar-refractivity contribution in [1.82, 2.24) is 4.98 Å². The van der Waals surface area contributed by atoms with Gasteiger partial charge in [0.05, 0.1) is 18.1 Å². The van der Waals surface area contributed by atoms with Gasteiger partial charge in [-0.1, -0.05) is 30.4 Å². The van der Waals surface area contributed by atoms with Crippen LogP contribution in [0.2, 0.25) is 0 Å². The molecule has 0 saturated carbocycles. The molecule has 1 heterocycles. The Morgan fingerprint density at radius 3 is 2.86 bits per heavy atom. The van der Waals surface area contributed by atoms with Crippen molar-refractivity contribution in [2.24, 2.45) is 0 Å². The highest BCUT2D eigenvalue weighted by atomic mass is 16.5. The minimum Gasteiger partial charge on any atom is -0.498 e. The summed E-state index contributed by atoms with van der Waals surface area (Å²) in [5.41, 5.74) is 1.98. The van der Waals surface area contributed by atoms with Crippen molar-refractivity contribution in [1.29, 1.82) is 0 Å². The van der Waals surface area contributed by atoms with Gasteiger partial charge in [-0.2, -0.15) is 0 Å². The minimum absolute atomic E-state index is 0.640. The molecule has 0 bridgehead atoms. The summed E-state index contributed by atoms with van der Waals surface area (Å²) in [6.07, 6.45) is 9.06. The third-order valence-corrected chi connectivity index (χ3v) is 3.52. The van der Waals surface area contributed by atoms with Crippen LogP contribution in [0.15, 0.2) is 58.7 Å². The average molecular weight is 281 g/mol. The molecule has 0 radical (unpaired) electrons. The number of allylic oxidation sites excluding steroid dienone is 4. The Bertz CT molecular complexity index is 653. The Hall–Kier alpha value is -2.29. The van der Waals surface area contributed by atoms with Gasteiger partial charge in [-0.3, -0.25) is 0 Å². The zero-order chi connectivity index (χ0) is 14.5. The summed E-state index contributed by atoms with van der Waals surface area (Å²) >= 11 is 0. The topological polar surface area (TPSA) is 35.3 Å². The standard InChI is InChI=1S/C18H19NO2/c1-14-17(12-13-20-16-10-6-3-7-11-16)19-18(21-14)15-8-4-2-5-9-15/h2-6,8-10H,7,11-13H2,1H3. The van der Waals surface area contributed by atoms with E-state index < -0.39 is 0 Å². The lowest BCUT2D eigenvalue weighted by atomic mass is 10.2. The lowest BCUT2D eigenvalue weighted by Gasteiger charge is -2.10. The van der Waals surface area contributed by atoms with E-state index in [0.717, 1.165) is 42.0 Å². The molecule has 1 aromatic carbocycles. The SMILES string of the molecule is Cc1oc(-c2ccccc2)nc1CCOC1=CC=CCC1. The van der Waals surface area contributed by atoms with Gasteiger partial charge in [0.25, 0.3) is 0 Å². The lowest BCUT2D eigenvalue weighted by Crippen LogP contribution is -2.01. The Morgan fingerprint density at radius 1 is 1.24 bits per heavy atom. The number of hydrogen-bond donors (Lipinski definition) is 0. The number of hydrogen-bond acceptors (Lipinski definition) is 3. The number of nitrogens with zero attached hydrogens (tertiary/aromatic N) is 1. The number of oxazole rings is 1. The zero-order valence-electron chi connectivity index (χ0n) is 12.2. The predicted octanol–water partition coefficient (Wildman–Crippen LogP) is 4.44. The summed E-state index contributed by atoms with van der Waals surface area (Å²) in [6.45, 7) is 2.60. The molecular formula is C18H19NO2. The molecule has 3 heteroatoms. The van der Waals surface area contributed by atoms with Crippen molar-refractivity contribution < 1.29 is 9.15 Å². The van der Waals surface area contributed by atoms with Gasteiger partial charge in [0.15, 0.2) is 0 Å². The molecule has 3 nitrogen and oxygen atoms in total. The van der Waals surface area contributed by atoms with Crippen molar-refractivity contribution >= 4 is 0 Å². The molecule has 0 aliphatic heterocycles. The van der Waals surface area contributed by atoms with E-state index in [2.05, 4.69) is 11.1 Å². The van der Waals surface area contributed by atoms with E-state index in [9.17, 15) is 0 Å². The molecule has 0 amide bonds. The van der Waals surface area contributed by atoms with Crippen molar-refractivity contribution in [3.8, 4) is 11.5 Å². The summed E-state index contributed by atoms with van der Waals surface area (Å²) < 4.78 is 11.5. The fourth-order valence-electron chi connectivity index (χ4n) is 2.34. The van der Waals surface area contributed by atoms with Crippen LogP contribution in [0.1, 0.15) is 24.3 Å². The number of aryl methyl sites for hydroxylation is 1. The first-order chi connectivity index (χ1) is 10.3. The number of aromatic nitrogens is 1. The van der Waals surface area contributed by atoms with Crippen LogP contribution in [0.25, 0.3) is 11.5 Å². The number of rotatable bonds is 5. The molecule has 2 aromatic rings. The zero-order valence-corrected chi connectivity index (χ0v) is 12.2. The summed E-state index contributed by atoms with van der Waals surface area (Å²) in [4.78, 5) is 4.58. The van der Waals surface area contributed by atoms with E-state index in [1.54, 1.807) is 0 Å². The number of benzene rings is 1. The van der Waals surface area contributed by atoms with Crippen molar-refractivity contribution in [2.75, 3.05) is 6.61 Å². The molecule has 1 aliphatic rings. The molecule has 0 N–H and O–H groups in total. The molecule has 108 valence electrons. The van der Waals surface area contributed by atoms with Gasteiger partial charge in [0.2, 0.25) is 5.89 Å². The molecule has 0 fully saturated rings. The molecule has 1 aliphatic carbocycles. The normalized spacial score (nSPS) is 14.0. The van der Waals surface area contributed by atoms with Crippen LogP contribution < -0.4 is 0 Å². The molecule has 0 spiro atoms. The smallest absolute Gasteiger partial charge is 0.226 e. The molecule has 0 atom stereocenters. The highest BCUT2D eigenvalue weighted by molar-refractivity contribution is 5.53. The monoisotopic (exact) mass is 281 g/mol. The van der Waals surface area contributed by atoms with Crippen LogP contribution in [-0.2, 0) is 11.2 Å².